The van der Waals surface area contributed by atoms with Crippen LogP contribution in [0.1, 0.15) is 28.6 Å². The van der Waals surface area contributed by atoms with E-state index in [1.54, 1.807) is 37.4 Å². The number of carboxylic acids is 1. The lowest BCUT2D eigenvalue weighted by Gasteiger charge is -2.18. The van der Waals surface area contributed by atoms with Crippen LogP contribution in [0.25, 0.3) is 11.3 Å². The lowest BCUT2D eigenvalue weighted by atomic mass is 10.0. The Kier molecular flexibility index (Phi) is 5.32. The third kappa shape index (κ3) is 3.73. The molecule has 4 N–H and O–H groups in total. The molecular formula is C16H19NO5. The summed E-state index contributed by atoms with van der Waals surface area (Å²) in [6.07, 6.45) is -1.37. The van der Waals surface area contributed by atoms with Crippen molar-refractivity contribution in [3.05, 3.63) is 47.7 Å². The molecule has 6 heteroatoms. The van der Waals surface area contributed by atoms with Crippen molar-refractivity contribution in [2.75, 3.05) is 13.6 Å². The molecule has 2 unspecified atom stereocenters. The van der Waals surface area contributed by atoms with Gasteiger partial charge in [0.25, 0.3) is 0 Å². The molecule has 0 aliphatic carbocycles. The fraction of sp³-hybridized carbons (Fsp3) is 0.312. The molecule has 1 heterocycles. The minimum atomic E-state index is -1.12. The van der Waals surface area contributed by atoms with E-state index in [-0.39, 0.29) is 5.76 Å². The van der Waals surface area contributed by atoms with Gasteiger partial charge in [0.2, 0.25) is 5.76 Å². The van der Waals surface area contributed by atoms with E-state index in [9.17, 15) is 15.0 Å². The Labute approximate surface area is 128 Å². The second-order valence-electron chi connectivity index (χ2n) is 5.00. The zero-order valence-corrected chi connectivity index (χ0v) is 12.2. The number of carboxylic acid groups (broad SMARTS) is 1. The third-order valence-corrected chi connectivity index (χ3v) is 3.41. The fourth-order valence-corrected chi connectivity index (χ4v) is 2.12. The standard InChI is InChI=1S/C16H19NO5/c1-17-9-8-12(18)15(19)11-4-2-10(3-5-11)13-6-7-14(22-13)16(20)21/h2-7,12,15,17-19H,8-9H2,1H3,(H,20,21). The summed E-state index contributed by atoms with van der Waals surface area (Å²) in [7, 11) is 1.78. The molecule has 22 heavy (non-hydrogen) atoms. The minimum absolute atomic E-state index is 0.124. The number of furan rings is 1. The maximum atomic E-state index is 10.8. The molecule has 1 aromatic heterocycles. The number of nitrogens with one attached hydrogen (secondary N) is 1. The molecule has 0 amide bonds. The van der Waals surface area contributed by atoms with Crippen molar-refractivity contribution in [1.82, 2.24) is 5.32 Å². The van der Waals surface area contributed by atoms with E-state index in [1.807, 2.05) is 0 Å². The van der Waals surface area contributed by atoms with Crippen LogP contribution in [0, 0.1) is 0 Å². The zero-order chi connectivity index (χ0) is 16.1. The molecule has 118 valence electrons. The van der Waals surface area contributed by atoms with E-state index in [2.05, 4.69) is 5.32 Å². The summed E-state index contributed by atoms with van der Waals surface area (Å²) in [5.41, 5.74) is 1.30. The van der Waals surface area contributed by atoms with Gasteiger partial charge < -0.3 is 25.1 Å². The molecule has 6 nitrogen and oxygen atoms in total. The Morgan fingerprint density at radius 3 is 2.41 bits per heavy atom. The van der Waals surface area contributed by atoms with Crippen molar-refractivity contribution >= 4 is 5.97 Å². The molecule has 2 aromatic rings. The number of aliphatic hydroxyl groups is 2. The van der Waals surface area contributed by atoms with Crippen LogP contribution in [0.15, 0.2) is 40.8 Å². The quantitative estimate of drug-likeness (QED) is 0.620. The van der Waals surface area contributed by atoms with E-state index >= 15 is 0 Å². The summed E-state index contributed by atoms with van der Waals surface area (Å²) in [5.74, 6) is -0.804. The summed E-state index contributed by atoms with van der Waals surface area (Å²) in [5, 5.41) is 31.7. The molecule has 1 aromatic carbocycles. The molecule has 0 bridgehead atoms. The fourth-order valence-electron chi connectivity index (χ4n) is 2.12. The Hall–Kier alpha value is -2.15. The maximum Gasteiger partial charge on any atom is 0.371 e. The van der Waals surface area contributed by atoms with Crippen molar-refractivity contribution in [2.45, 2.75) is 18.6 Å². The summed E-state index contributed by atoms with van der Waals surface area (Å²) in [6, 6.07) is 9.78. The predicted octanol–water partition coefficient (Wildman–Crippen LogP) is 1.65. The van der Waals surface area contributed by atoms with Gasteiger partial charge in [-0.3, -0.25) is 0 Å². The van der Waals surface area contributed by atoms with Crippen LogP contribution in [-0.4, -0.2) is 41.0 Å². The number of hydrogen-bond donors (Lipinski definition) is 4. The lowest BCUT2D eigenvalue weighted by Crippen LogP contribution is -2.23. The number of aromatic carboxylic acids is 1. The van der Waals surface area contributed by atoms with Gasteiger partial charge in [0.1, 0.15) is 11.9 Å². The first-order valence-electron chi connectivity index (χ1n) is 6.97. The number of aliphatic hydroxyl groups excluding tert-OH is 2. The first kappa shape index (κ1) is 16.2. The molecule has 0 saturated heterocycles. The Morgan fingerprint density at radius 2 is 1.86 bits per heavy atom. The van der Waals surface area contributed by atoms with Crippen LogP contribution in [0.3, 0.4) is 0 Å². The van der Waals surface area contributed by atoms with E-state index in [0.717, 1.165) is 0 Å². The van der Waals surface area contributed by atoms with Crippen LogP contribution in [0.2, 0.25) is 0 Å². The van der Waals surface area contributed by atoms with Gasteiger partial charge >= 0.3 is 5.97 Å². The first-order valence-corrected chi connectivity index (χ1v) is 6.97. The zero-order valence-electron chi connectivity index (χ0n) is 12.2. The van der Waals surface area contributed by atoms with E-state index < -0.39 is 18.2 Å². The van der Waals surface area contributed by atoms with Crippen molar-refractivity contribution in [3.63, 3.8) is 0 Å². The van der Waals surface area contributed by atoms with Gasteiger partial charge in [-0.2, -0.15) is 0 Å². The van der Waals surface area contributed by atoms with Crippen molar-refractivity contribution in [2.24, 2.45) is 0 Å². The second kappa shape index (κ2) is 7.22. The highest BCUT2D eigenvalue weighted by Crippen LogP contribution is 2.25. The maximum absolute atomic E-state index is 10.8. The Bertz CT molecular complexity index is 620. The average molecular weight is 305 g/mol. The van der Waals surface area contributed by atoms with Crippen LogP contribution in [0.4, 0.5) is 0 Å². The average Bonchev–Trinajstić information content (AvgIpc) is 3.02. The third-order valence-electron chi connectivity index (χ3n) is 3.41. The normalized spacial score (nSPS) is 13.8. The largest absolute Gasteiger partial charge is 0.475 e. The summed E-state index contributed by atoms with van der Waals surface area (Å²) in [6.45, 7) is 0.612. The molecule has 2 atom stereocenters. The Morgan fingerprint density at radius 1 is 1.18 bits per heavy atom. The summed E-state index contributed by atoms with van der Waals surface area (Å²) in [4.78, 5) is 10.8. The lowest BCUT2D eigenvalue weighted by molar-refractivity contribution is 0.0140. The highest BCUT2D eigenvalue weighted by molar-refractivity contribution is 5.85. The molecule has 0 aliphatic rings. The van der Waals surface area contributed by atoms with Crippen LogP contribution in [-0.2, 0) is 0 Å². The van der Waals surface area contributed by atoms with Crippen LogP contribution >= 0.6 is 0 Å². The van der Waals surface area contributed by atoms with Crippen molar-refractivity contribution in [3.8, 4) is 11.3 Å². The molecule has 2 rings (SSSR count). The van der Waals surface area contributed by atoms with Crippen molar-refractivity contribution in [1.29, 1.82) is 0 Å². The Balaban J connectivity index is 2.10. The topological polar surface area (TPSA) is 103 Å². The smallest absolute Gasteiger partial charge is 0.371 e. The highest BCUT2D eigenvalue weighted by atomic mass is 16.4. The summed E-state index contributed by atoms with van der Waals surface area (Å²) < 4.78 is 5.21. The molecule has 0 aliphatic heterocycles. The second-order valence-corrected chi connectivity index (χ2v) is 5.00. The van der Waals surface area contributed by atoms with Gasteiger partial charge in [0.05, 0.1) is 6.10 Å². The molecule has 0 fully saturated rings. The minimum Gasteiger partial charge on any atom is -0.475 e. The van der Waals surface area contributed by atoms with E-state index in [0.29, 0.717) is 29.9 Å². The first-order chi connectivity index (χ1) is 10.5. The van der Waals surface area contributed by atoms with E-state index in [1.165, 1.54) is 6.07 Å². The van der Waals surface area contributed by atoms with Gasteiger partial charge in [-0.15, -0.1) is 0 Å². The van der Waals surface area contributed by atoms with Crippen molar-refractivity contribution < 1.29 is 24.5 Å². The molecule has 0 radical (unpaired) electrons. The van der Waals surface area contributed by atoms with Gasteiger partial charge in [0, 0.05) is 5.56 Å². The molecular weight excluding hydrogens is 286 g/mol. The van der Waals surface area contributed by atoms with Crippen LogP contribution < -0.4 is 5.32 Å². The predicted molar refractivity (Wildman–Crippen MR) is 80.6 cm³/mol. The number of carbonyl (C=O) groups is 1. The van der Waals surface area contributed by atoms with Gasteiger partial charge in [-0.05, 0) is 37.7 Å². The number of rotatable bonds is 7. The monoisotopic (exact) mass is 305 g/mol. The van der Waals surface area contributed by atoms with Gasteiger partial charge in [0.15, 0.2) is 0 Å². The van der Waals surface area contributed by atoms with Gasteiger partial charge in [-0.1, -0.05) is 24.3 Å². The summed E-state index contributed by atoms with van der Waals surface area (Å²) >= 11 is 0. The molecule has 0 spiro atoms. The van der Waals surface area contributed by atoms with Crippen LogP contribution in [0.5, 0.6) is 0 Å². The number of hydrogen-bond acceptors (Lipinski definition) is 5. The number of benzene rings is 1. The molecule has 0 saturated carbocycles. The van der Waals surface area contributed by atoms with E-state index in [4.69, 9.17) is 9.52 Å². The SMILES string of the molecule is CNCCC(O)C(O)c1ccc(-c2ccc(C(=O)O)o2)cc1. The van der Waals surface area contributed by atoms with Gasteiger partial charge in [-0.25, -0.2) is 4.79 Å². The highest BCUT2D eigenvalue weighted by Gasteiger charge is 2.18.